The molecule has 0 atom stereocenters. The van der Waals surface area contributed by atoms with Gasteiger partial charge in [-0.25, -0.2) is 10.2 Å². The molecule has 0 amide bonds. The first-order chi connectivity index (χ1) is 10.1. The van der Waals surface area contributed by atoms with Crippen molar-refractivity contribution in [3.8, 4) is 17.2 Å². The predicted molar refractivity (Wildman–Crippen MR) is 80.9 cm³/mol. The summed E-state index contributed by atoms with van der Waals surface area (Å²) in [6.07, 6.45) is 0. The van der Waals surface area contributed by atoms with E-state index in [0.29, 0.717) is 5.56 Å². The third-order valence-corrected chi connectivity index (χ3v) is 3.26. The van der Waals surface area contributed by atoms with Gasteiger partial charge < -0.3 is 11.2 Å². The van der Waals surface area contributed by atoms with Gasteiger partial charge >= 0.3 is 0 Å². The van der Waals surface area contributed by atoms with Crippen molar-refractivity contribution in [3.63, 3.8) is 0 Å². The molecule has 0 aliphatic heterocycles. The number of rotatable bonds is 3. The van der Waals surface area contributed by atoms with Gasteiger partial charge in [-0.2, -0.15) is 5.26 Å². The van der Waals surface area contributed by atoms with E-state index >= 15 is 0 Å². The van der Waals surface area contributed by atoms with Crippen LogP contribution < -0.4 is 17.0 Å². The number of nitrogens with two attached hydrogens (primary N) is 2. The molecule has 0 aliphatic rings. The van der Waals surface area contributed by atoms with Crippen LogP contribution in [0.4, 0.5) is 4.39 Å². The van der Waals surface area contributed by atoms with E-state index in [2.05, 4.69) is 5.43 Å². The molecule has 0 radical (unpaired) electrons. The van der Waals surface area contributed by atoms with E-state index in [9.17, 15) is 4.39 Å². The van der Waals surface area contributed by atoms with Gasteiger partial charge in [-0.3, -0.25) is 0 Å². The minimum Gasteiger partial charge on any atom is -0.396 e. The Hall–Kier alpha value is -2.55. The number of hydrogen-bond donors (Lipinski definition) is 3. The highest BCUT2D eigenvalue weighted by molar-refractivity contribution is 6.31. The Kier molecular flexibility index (Phi) is 4.43. The van der Waals surface area contributed by atoms with Gasteiger partial charge in [0, 0.05) is 5.56 Å². The van der Waals surface area contributed by atoms with E-state index in [0.717, 1.165) is 11.1 Å². The summed E-state index contributed by atoms with van der Waals surface area (Å²) in [7, 11) is 0. The van der Waals surface area contributed by atoms with Gasteiger partial charge in [0.1, 0.15) is 11.9 Å². The van der Waals surface area contributed by atoms with Crippen LogP contribution in [0.2, 0.25) is 5.02 Å². The van der Waals surface area contributed by atoms with E-state index in [-0.39, 0.29) is 16.4 Å². The number of allylic oxidation sites excluding steroid dienone is 1. The average Bonchev–Trinajstić information content (AvgIpc) is 2.51. The van der Waals surface area contributed by atoms with E-state index in [1.54, 1.807) is 36.4 Å². The van der Waals surface area contributed by atoms with Gasteiger partial charge in [0.2, 0.25) is 0 Å². The maximum atomic E-state index is 13.1. The van der Waals surface area contributed by atoms with Crippen molar-refractivity contribution < 1.29 is 4.39 Å². The molecule has 5 N–H and O–H groups in total. The third kappa shape index (κ3) is 3.14. The van der Waals surface area contributed by atoms with Crippen molar-refractivity contribution in [1.82, 2.24) is 5.43 Å². The van der Waals surface area contributed by atoms with Crippen LogP contribution in [-0.2, 0) is 0 Å². The summed E-state index contributed by atoms with van der Waals surface area (Å²) < 4.78 is 13.1. The Labute approximate surface area is 126 Å². The lowest BCUT2D eigenvalue weighted by atomic mass is 10.0. The number of benzene rings is 2. The van der Waals surface area contributed by atoms with Crippen LogP contribution in [0.3, 0.4) is 0 Å². The first-order valence-electron chi connectivity index (χ1n) is 5.99. The number of nitrogens with one attached hydrogen (secondary N) is 1. The molecule has 4 nitrogen and oxygen atoms in total. The summed E-state index contributed by atoms with van der Waals surface area (Å²) in [6, 6.07) is 13.5. The molecule has 0 heterocycles. The molecule has 6 heteroatoms. The van der Waals surface area contributed by atoms with Crippen molar-refractivity contribution in [2.75, 3.05) is 0 Å². The Bertz CT molecular complexity index is 732. The molecule has 0 bridgehead atoms. The summed E-state index contributed by atoms with van der Waals surface area (Å²) in [5, 5.41) is 8.93. The molecule has 2 aromatic rings. The van der Waals surface area contributed by atoms with Crippen molar-refractivity contribution in [1.29, 1.82) is 5.26 Å². The topological polar surface area (TPSA) is 87.9 Å². The van der Waals surface area contributed by atoms with Gasteiger partial charge in [-0.1, -0.05) is 41.9 Å². The fourth-order valence-electron chi connectivity index (χ4n) is 1.83. The summed E-state index contributed by atoms with van der Waals surface area (Å²) in [5.74, 6) is 4.75. The molecule has 21 heavy (non-hydrogen) atoms. The molecule has 0 aromatic heterocycles. The lowest BCUT2D eigenvalue weighted by Crippen LogP contribution is -2.23. The molecule has 2 rings (SSSR count). The molecule has 2 aromatic carbocycles. The second-order valence-electron chi connectivity index (χ2n) is 4.25. The van der Waals surface area contributed by atoms with Crippen LogP contribution in [0.25, 0.3) is 16.8 Å². The minimum atomic E-state index is -0.461. The molecule has 106 valence electrons. The summed E-state index contributed by atoms with van der Waals surface area (Å²) in [5.41, 5.74) is 10.7. The smallest absolute Gasteiger partial charge is 0.151 e. The molecule has 0 aliphatic carbocycles. The van der Waals surface area contributed by atoms with E-state index in [1.165, 1.54) is 6.07 Å². The van der Waals surface area contributed by atoms with Crippen LogP contribution >= 0.6 is 11.6 Å². The maximum Gasteiger partial charge on any atom is 0.151 e. The second-order valence-corrected chi connectivity index (χ2v) is 4.66. The Morgan fingerprint density at radius 1 is 1.14 bits per heavy atom. The summed E-state index contributed by atoms with van der Waals surface area (Å²) in [4.78, 5) is 0. The zero-order chi connectivity index (χ0) is 15.4. The SMILES string of the molecule is N#C/C(NN)=C(/N)c1ccc(-c2ccc(F)c(Cl)c2)cc1. The second kappa shape index (κ2) is 6.27. The Balaban J connectivity index is 2.37. The first kappa shape index (κ1) is 14.9. The molecule has 0 unspecified atom stereocenters. The maximum absolute atomic E-state index is 13.1. The van der Waals surface area contributed by atoms with E-state index < -0.39 is 5.82 Å². The number of halogens is 2. The highest BCUT2D eigenvalue weighted by Crippen LogP contribution is 2.26. The van der Waals surface area contributed by atoms with Gasteiger partial charge in [0.15, 0.2) is 5.70 Å². The fraction of sp³-hybridized carbons (Fsp3) is 0. The molecule has 0 fully saturated rings. The number of hydrogen-bond acceptors (Lipinski definition) is 4. The molecule has 0 saturated heterocycles. The molecular weight excluding hydrogens is 291 g/mol. The third-order valence-electron chi connectivity index (χ3n) is 2.97. The fourth-order valence-corrected chi connectivity index (χ4v) is 2.01. The van der Waals surface area contributed by atoms with Crippen LogP contribution in [0.1, 0.15) is 5.56 Å². The van der Waals surface area contributed by atoms with Gasteiger partial charge in [0.05, 0.1) is 10.7 Å². The summed E-state index contributed by atoms with van der Waals surface area (Å²) in [6.45, 7) is 0. The van der Waals surface area contributed by atoms with E-state index in [1.807, 2.05) is 6.07 Å². The zero-order valence-corrected chi connectivity index (χ0v) is 11.7. The average molecular weight is 303 g/mol. The van der Waals surface area contributed by atoms with E-state index in [4.69, 9.17) is 28.4 Å². The standard InChI is InChI=1S/C15H12ClFN4/c16-12-7-11(5-6-13(12)17)9-1-3-10(4-2-9)15(19)14(8-18)21-20/h1-7,21H,19-20H2/b15-14-. The van der Waals surface area contributed by atoms with Crippen LogP contribution in [0.5, 0.6) is 0 Å². The predicted octanol–water partition coefficient (Wildman–Crippen LogP) is 2.76. The molecule has 0 saturated carbocycles. The quantitative estimate of drug-likeness (QED) is 0.462. The zero-order valence-electron chi connectivity index (χ0n) is 10.9. The van der Waals surface area contributed by atoms with Gasteiger partial charge in [-0.05, 0) is 23.3 Å². The van der Waals surface area contributed by atoms with Gasteiger partial charge in [-0.15, -0.1) is 0 Å². The number of nitriles is 1. The normalized spacial score (nSPS) is 11.5. The number of hydrazine groups is 1. The lowest BCUT2D eigenvalue weighted by Gasteiger charge is -2.07. The van der Waals surface area contributed by atoms with Crippen LogP contribution in [-0.4, -0.2) is 0 Å². The Morgan fingerprint density at radius 3 is 2.29 bits per heavy atom. The number of nitrogens with zero attached hydrogens (tertiary/aromatic N) is 1. The summed E-state index contributed by atoms with van der Waals surface area (Å²) >= 11 is 5.76. The monoisotopic (exact) mass is 302 g/mol. The van der Waals surface area contributed by atoms with Crippen molar-refractivity contribution in [3.05, 3.63) is 64.6 Å². The highest BCUT2D eigenvalue weighted by Gasteiger charge is 2.06. The molecule has 0 spiro atoms. The van der Waals surface area contributed by atoms with Crippen LogP contribution in [0, 0.1) is 17.1 Å². The van der Waals surface area contributed by atoms with Gasteiger partial charge in [0.25, 0.3) is 0 Å². The molecular formula is C15H12ClFN4. The lowest BCUT2D eigenvalue weighted by molar-refractivity contribution is 0.628. The minimum absolute atomic E-state index is 0.0649. The Morgan fingerprint density at radius 2 is 1.76 bits per heavy atom. The van der Waals surface area contributed by atoms with Crippen LogP contribution in [0.15, 0.2) is 48.2 Å². The highest BCUT2D eigenvalue weighted by atomic mass is 35.5. The van der Waals surface area contributed by atoms with Crippen molar-refractivity contribution >= 4 is 17.3 Å². The van der Waals surface area contributed by atoms with Crippen molar-refractivity contribution in [2.24, 2.45) is 11.6 Å². The largest absolute Gasteiger partial charge is 0.396 e. The first-order valence-corrected chi connectivity index (χ1v) is 6.37. The van der Waals surface area contributed by atoms with Crippen molar-refractivity contribution in [2.45, 2.75) is 0 Å².